The molecule has 0 saturated heterocycles. The molecule has 0 atom stereocenters. The lowest BCUT2D eigenvalue weighted by atomic mass is 9.68. The van der Waals surface area contributed by atoms with Crippen molar-refractivity contribution in [2.45, 2.75) is 113 Å². The molecule has 0 aromatic heterocycles. The smallest absolute Gasteiger partial charge is 0.335 e. The number of hydrogen-bond acceptors (Lipinski definition) is 3. The Labute approximate surface area is 189 Å². The van der Waals surface area contributed by atoms with E-state index < -0.39 is 5.97 Å². The Morgan fingerprint density at radius 1 is 0.806 bits per heavy atom. The Bertz CT molecular complexity index is 753. The van der Waals surface area contributed by atoms with Crippen molar-refractivity contribution in [2.24, 2.45) is 10.8 Å². The first-order valence-corrected chi connectivity index (χ1v) is 11.4. The predicted octanol–water partition coefficient (Wildman–Crippen LogP) is 7.52. The van der Waals surface area contributed by atoms with E-state index in [1.807, 2.05) is 6.92 Å². The standard InChI is InChI=1S/C27H44O4/c1-12-13-21(28)31-22-19(26(8,9)16-24(2,3)4)14-18(23(29)30)15-20(22)27(10,11)17-25(5,6)7/h14-15H,12-13,16-17H2,1-11H3,(H,29,30). The van der Waals surface area contributed by atoms with Gasteiger partial charge < -0.3 is 9.84 Å². The second kappa shape index (κ2) is 9.34. The van der Waals surface area contributed by atoms with Gasteiger partial charge in [-0.15, -0.1) is 0 Å². The number of carbonyl (C=O) groups is 2. The van der Waals surface area contributed by atoms with E-state index in [9.17, 15) is 14.7 Å². The molecule has 1 N–H and O–H groups in total. The van der Waals surface area contributed by atoms with E-state index in [-0.39, 0.29) is 33.2 Å². The van der Waals surface area contributed by atoms with Crippen LogP contribution in [0, 0.1) is 10.8 Å². The molecule has 0 fully saturated rings. The lowest BCUT2D eigenvalue weighted by molar-refractivity contribution is -0.134. The van der Waals surface area contributed by atoms with E-state index in [2.05, 4.69) is 69.2 Å². The summed E-state index contributed by atoms with van der Waals surface area (Å²) in [5.74, 6) is -0.690. The maximum absolute atomic E-state index is 12.6. The number of hydrogen-bond donors (Lipinski definition) is 1. The van der Waals surface area contributed by atoms with Gasteiger partial charge in [-0.2, -0.15) is 0 Å². The summed E-state index contributed by atoms with van der Waals surface area (Å²) >= 11 is 0. The van der Waals surface area contributed by atoms with Gasteiger partial charge in [-0.05, 0) is 53.1 Å². The molecule has 1 aromatic rings. The van der Waals surface area contributed by atoms with E-state index in [1.165, 1.54) is 0 Å². The van der Waals surface area contributed by atoms with Gasteiger partial charge in [0.2, 0.25) is 0 Å². The lowest BCUT2D eigenvalue weighted by Gasteiger charge is -2.38. The van der Waals surface area contributed by atoms with Crippen molar-refractivity contribution in [3.8, 4) is 5.75 Å². The fourth-order valence-corrected chi connectivity index (χ4v) is 5.08. The number of carbonyl (C=O) groups excluding carboxylic acids is 1. The van der Waals surface area contributed by atoms with Gasteiger partial charge in [0.25, 0.3) is 0 Å². The quantitative estimate of drug-likeness (QED) is 0.341. The van der Waals surface area contributed by atoms with Crippen LogP contribution in [0.3, 0.4) is 0 Å². The molecule has 0 aliphatic rings. The third-order valence-corrected chi connectivity index (χ3v) is 5.41. The number of ether oxygens (including phenoxy) is 1. The SMILES string of the molecule is CCCC(=O)Oc1c(C(C)(C)CC(C)(C)C)cc(C(=O)O)cc1C(C)(C)CC(C)(C)C. The zero-order valence-corrected chi connectivity index (χ0v) is 21.7. The predicted molar refractivity (Wildman–Crippen MR) is 128 cm³/mol. The summed E-state index contributed by atoms with van der Waals surface area (Å²) in [6, 6.07) is 3.42. The molecule has 0 aliphatic heterocycles. The molecule has 0 bridgehead atoms. The van der Waals surface area contributed by atoms with E-state index in [4.69, 9.17) is 4.74 Å². The van der Waals surface area contributed by atoms with Crippen molar-refractivity contribution in [3.05, 3.63) is 28.8 Å². The molecular weight excluding hydrogens is 388 g/mol. The Morgan fingerprint density at radius 3 is 1.48 bits per heavy atom. The largest absolute Gasteiger partial charge is 0.478 e. The average Bonchev–Trinajstić information content (AvgIpc) is 2.49. The van der Waals surface area contributed by atoms with Crippen LogP contribution in [0.4, 0.5) is 0 Å². The summed E-state index contributed by atoms with van der Waals surface area (Å²) in [5, 5.41) is 9.88. The first kappa shape index (κ1) is 27.2. The lowest BCUT2D eigenvalue weighted by Crippen LogP contribution is -2.30. The van der Waals surface area contributed by atoms with Gasteiger partial charge in [0, 0.05) is 17.5 Å². The van der Waals surface area contributed by atoms with Crippen molar-refractivity contribution in [3.63, 3.8) is 0 Å². The van der Waals surface area contributed by atoms with Gasteiger partial charge in [0.15, 0.2) is 0 Å². The summed E-state index contributed by atoms with van der Waals surface area (Å²) in [5.41, 5.74) is 1.12. The maximum atomic E-state index is 12.6. The number of benzene rings is 1. The molecule has 176 valence electrons. The Kier molecular flexibility index (Phi) is 8.19. The molecule has 0 amide bonds. The Hall–Kier alpha value is -1.84. The molecule has 0 unspecified atom stereocenters. The van der Waals surface area contributed by atoms with Gasteiger partial charge in [0.1, 0.15) is 5.75 Å². The van der Waals surface area contributed by atoms with Gasteiger partial charge in [-0.1, -0.05) is 76.2 Å². The van der Waals surface area contributed by atoms with Crippen LogP contribution in [-0.2, 0) is 15.6 Å². The van der Waals surface area contributed by atoms with E-state index in [1.54, 1.807) is 12.1 Å². The molecule has 0 radical (unpaired) electrons. The number of carboxylic acids is 1. The third kappa shape index (κ3) is 7.97. The zero-order valence-electron chi connectivity index (χ0n) is 21.7. The molecule has 0 heterocycles. The Morgan fingerprint density at radius 2 is 1.19 bits per heavy atom. The van der Waals surface area contributed by atoms with Crippen LogP contribution in [0.2, 0.25) is 0 Å². The summed E-state index contributed by atoms with van der Waals surface area (Å²) in [4.78, 5) is 24.7. The molecule has 0 spiro atoms. The van der Waals surface area contributed by atoms with E-state index in [0.717, 1.165) is 24.0 Å². The number of esters is 1. The first-order valence-electron chi connectivity index (χ1n) is 11.4. The molecule has 0 saturated carbocycles. The highest BCUT2D eigenvalue weighted by Crippen LogP contribution is 2.47. The summed E-state index contributed by atoms with van der Waals surface area (Å²) in [6.45, 7) is 23.4. The highest BCUT2D eigenvalue weighted by Gasteiger charge is 2.37. The second-order valence-electron chi connectivity index (χ2n) is 12.7. The van der Waals surface area contributed by atoms with Crippen LogP contribution in [0.15, 0.2) is 12.1 Å². The van der Waals surface area contributed by atoms with Gasteiger partial charge in [0.05, 0.1) is 5.56 Å². The molecule has 4 heteroatoms. The first-order chi connectivity index (χ1) is 13.8. The van der Waals surface area contributed by atoms with Gasteiger partial charge >= 0.3 is 11.9 Å². The van der Waals surface area contributed by atoms with Gasteiger partial charge in [-0.3, -0.25) is 4.79 Å². The fraction of sp³-hybridized carbons (Fsp3) is 0.704. The van der Waals surface area contributed by atoms with Crippen LogP contribution >= 0.6 is 0 Å². The van der Waals surface area contributed by atoms with Crippen molar-refractivity contribution in [1.82, 2.24) is 0 Å². The van der Waals surface area contributed by atoms with E-state index in [0.29, 0.717) is 18.6 Å². The molecule has 1 rings (SSSR count). The minimum absolute atomic E-state index is 0.0223. The Balaban J connectivity index is 3.90. The minimum Gasteiger partial charge on any atom is -0.478 e. The van der Waals surface area contributed by atoms with Crippen molar-refractivity contribution in [2.75, 3.05) is 0 Å². The number of aromatic carboxylic acids is 1. The minimum atomic E-state index is -0.966. The highest BCUT2D eigenvalue weighted by molar-refractivity contribution is 5.89. The average molecular weight is 433 g/mol. The molecule has 4 nitrogen and oxygen atoms in total. The number of carboxylic acid groups (broad SMARTS) is 1. The molecule has 31 heavy (non-hydrogen) atoms. The van der Waals surface area contributed by atoms with Crippen LogP contribution in [0.25, 0.3) is 0 Å². The normalized spacial score (nSPS) is 13.3. The van der Waals surface area contributed by atoms with Gasteiger partial charge in [-0.25, -0.2) is 4.79 Å². The summed E-state index contributed by atoms with van der Waals surface area (Å²) in [7, 11) is 0. The monoisotopic (exact) mass is 432 g/mol. The van der Waals surface area contributed by atoms with Crippen molar-refractivity contribution >= 4 is 11.9 Å². The topological polar surface area (TPSA) is 63.6 Å². The van der Waals surface area contributed by atoms with E-state index >= 15 is 0 Å². The summed E-state index contributed by atoms with van der Waals surface area (Å²) < 4.78 is 6.02. The van der Waals surface area contributed by atoms with Crippen molar-refractivity contribution < 1.29 is 19.4 Å². The zero-order chi connectivity index (χ0) is 24.4. The highest BCUT2D eigenvalue weighted by atomic mass is 16.5. The second-order valence-corrected chi connectivity index (χ2v) is 12.7. The molecule has 1 aromatic carbocycles. The van der Waals surface area contributed by atoms with Crippen LogP contribution in [0.1, 0.15) is 123 Å². The van der Waals surface area contributed by atoms with Crippen LogP contribution < -0.4 is 4.74 Å². The third-order valence-electron chi connectivity index (χ3n) is 5.41. The van der Waals surface area contributed by atoms with Crippen molar-refractivity contribution in [1.29, 1.82) is 0 Å². The number of rotatable bonds is 8. The van der Waals surface area contributed by atoms with Crippen LogP contribution in [0.5, 0.6) is 5.75 Å². The van der Waals surface area contributed by atoms with Crippen LogP contribution in [-0.4, -0.2) is 17.0 Å². The molecule has 0 aliphatic carbocycles. The molecular formula is C27H44O4. The fourth-order valence-electron chi connectivity index (χ4n) is 5.08. The maximum Gasteiger partial charge on any atom is 0.335 e. The summed E-state index contributed by atoms with van der Waals surface area (Å²) in [6.07, 6.45) is 2.67.